The van der Waals surface area contributed by atoms with Crippen LogP contribution in [0.4, 0.5) is 4.39 Å². The molecular formula is C20H26FNO. The predicted octanol–water partition coefficient (Wildman–Crippen LogP) is 5.78. The highest BCUT2D eigenvalue weighted by atomic mass is 19.1. The van der Waals surface area contributed by atoms with Crippen molar-refractivity contribution in [3.05, 3.63) is 59.7 Å². The number of hydrogen-bond donors (Lipinski definition) is 1. The second-order valence-corrected chi connectivity index (χ2v) is 6.28. The van der Waals surface area contributed by atoms with Crippen LogP contribution in [-0.2, 0) is 0 Å². The number of benzene rings is 1. The molecule has 2 nitrogen and oxygen atoms in total. The summed E-state index contributed by atoms with van der Waals surface area (Å²) < 4.78 is 13.5. The van der Waals surface area contributed by atoms with Crippen LogP contribution in [0.5, 0.6) is 5.75 Å². The Morgan fingerprint density at radius 1 is 1.13 bits per heavy atom. The molecule has 0 aliphatic carbocycles. The van der Waals surface area contributed by atoms with Crippen molar-refractivity contribution < 1.29 is 9.50 Å². The number of rotatable bonds is 8. The Bertz CT molecular complexity index is 600. The number of phenolic OH excluding ortho intramolecular Hbond substituents is 1. The topological polar surface area (TPSA) is 33.1 Å². The first-order valence-corrected chi connectivity index (χ1v) is 8.51. The third kappa shape index (κ3) is 5.05. The van der Waals surface area contributed by atoms with E-state index in [9.17, 15) is 9.50 Å². The molecule has 1 aromatic heterocycles. The minimum atomic E-state index is -0.540. The van der Waals surface area contributed by atoms with E-state index in [0.717, 1.165) is 30.5 Å². The molecule has 3 heteroatoms. The van der Waals surface area contributed by atoms with E-state index >= 15 is 0 Å². The van der Waals surface area contributed by atoms with Crippen molar-refractivity contribution in [3.63, 3.8) is 0 Å². The quantitative estimate of drug-likeness (QED) is 0.669. The van der Waals surface area contributed by atoms with Crippen molar-refractivity contribution in [1.82, 2.24) is 4.98 Å². The van der Waals surface area contributed by atoms with Gasteiger partial charge in [0.15, 0.2) is 11.6 Å². The first-order chi connectivity index (χ1) is 11.1. The molecule has 2 aromatic rings. The Balaban J connectivity index is 2.00. The van der Waals surface area contributed by atoms with Crippen LogP contribution in [-0.4, -0.2) is 10.1 Å². The number of pyridine rings is 1. The molecule has 1 N–H and O–H groups in total. The molecule has 2 rings (SSSR count). The highest BCUT2D eigenvalue weighted by molar-refractivity contribution is 5.30. The van der Waals surface area contributed by atoms with Crippen molar-refractivity contribution >= 4 is 0 Å². The minimum Gasteiger partial charge on any atom is -0.505 e. The highest BCUT2D eigenvalue weighted by Gasteiger charge is 2.15. The molecule has 0 spiro atoms. The lowest BCUT2D eigenvalue weighted by atomic mass is 9.87. The smallest absolute Gasteiger partial charge is 0.165 e. The van der Waals surface area contributed by atoms with Gasteiger partial charge >= 0.3 is 0 Å². The molecule has 0 fully saturated rings. The summed E-state index contributed by atoms with van der Waals surface area (Å²) in [6, 6.07) is 10.8. The van der Waals surface area contributed by atoms with Gasteiger partial charge in [-0.15, -0.1) is 0 Å². The summed E-state index contributed by atoms with van der Waals surface area (Å²) in [4.78, 5) is 4.52. The van der Waals surface area contributed by atoms with Crippen LogP contribution in [0.2, 0.25) is 0 Å². The fraction of sp³-hybridized carbons (Fsp3) is 0.450. The first-order valence-electron chi connectivity index (χ1n) is 8.51. The molecule has 1 heterocycles. The minimum absolute atomic E-state index is 0.262. The van der Waals surface area contributed by atoms with Gasteiger partial charge in [-0.05, 0) is 55.0 Å². The van der Waals surface area contributed by atoms with Crippen LogP contribution in [0.15, 0.2) is 42.6 Å². The molecule has 0 saturated heterocycles. The lowest BCUT2D eigenvalue weighted by Crippen LogP contribution is -2.04. The second kappa shape index (κ2) is 8.66. The molecule has 0 aliphatic rings. The number of aromatic hydroxyl groups is 1. The average molecular weight is 315 g/mol. The van der Waals surface area contributed by atoms with Crippen LogP contribution < -0.4 is 0 Å². The average Bonchev–Trinajstić information content (AvgIpc) is 2.58. The molecule has 2 atom stereocenters. The van der Waals surface area contributed by atoms with Gasteiger partial charge in [-0.3, -0.25) is 4.98 Å². The van der Waals surface area contributed by atoms with Crippen molar-refractivity contribution in [2.24, 2.45) is 0 Å². The van der Waals surface area contributed by atoms with Crippen LogP contribution in [0.25, 0.3) is 0 Å². The number of aromatic nitrogens is 1. The van der Waals surface area contributed by atoms with Crippen molar-refractivity contribution in [2.75, 3.05) is 0 Å². The molecule has 0 saturated carbocycles. The number of unbranched alkanes of at least 4 members (excludes halogenated alkanes) is 1. The Hall–Kier alpha value is -1.90. The van der Waals surface area contributed by atoms with Gasteiger partial charge in [-0.1, -0.05) is 38.8 Å². The van der Waals surface area contributed by atoms with E-state index in [-0.39, 0.29) is 11.7 Å². The Morgan fingerprint density at radius 3 is 2.61 bits per heavy atom. The van der Waals surface area contributed by atoms with Crippen LogP contribution in [0.1, 0.15) is 69.0 Å². The molecular weight excluding hydrogens is 289 g/mol. The molecule has 124 valence electrons. The largest absolute Gasteiger partial charge is 0.505 e. The molecule has 0 bridgehead atoms. The van der Waals surface area contributed by atoms with Gasteiger partial charge < -0.3 is 5.11 Å². The number of hydrogen-bond acceptors (Lipinski definition) is 2. The van der Waals surface area contributed by atoms with E-state index in [1.165, 1.54) is 25.0 Å². The number of halogens is 1. The molecule has 0 aliphatic heterocycles. The fourth-order valence-corrected chi connectivity index (χ4v) is 2.96. The zero-order chi connectivity index (χ0) is 16.7. The third-order valence-corrected chi connectivity index (χ3v) is 4.50. The Labute approximate surface area is 138 Å². The van der Waals surface area contributed by atoms with Crippen LogP contribution in [0, 0.1) is 5.82 Å². The molecule has 0 amide bonds. The van der Waals surface area contributed by atoms with Gasteiger partial charge in [0.25, 0.3) is 0 Å². The lowest BCUT2D eigenvalue weighted by Gasteiger charge is -2.19. The SMILES string of the molecule is CCCCC(CCC(C)c1ccc(O)c(F)c1)c1ccccn1. The van der Waals surface area contributed by atoms with E-state index in [1.54, 1.807) is 0 Å². The predicted molar refractivity (Wildman–Crippen MR) is 92.2 cm³/mol. The highest BCUT2D eigenvalue weighted by Crippen LogP contribution is 2.31. The maximum Gasteiger partial charge on any atom is 0.165 e. The van der Waals surface area contributed by atoms with Gasteiger partial charge in [-0.25, -0.2) is 4.39 Å². The maximum absolute atomic E-state index is 13.5. The molecule has 2 unspecified atom stereocenters. The van der Waals surface area contributed by atoms with E-state index in [2.05, 4.69) is 24.9 Å². The number of nitrogens with zero attached hydrogens (tertiary/aromatic N) is 1. The summed E-state index contributed by atoms with van der Waals surface area (Å²) in [6.07, 6.45) is 7.40. The summed E-state index contributed by atoms with van der Waals surface area (Å²) in [7, 11) is 0. The van der Waals surface area contributed by atoms with Gasteiger partial charge in [0.2, 0.25) is 0 Å². The Morgan fingerprint density at radius 2 is 1.96 bits per heavy atom. The zero-order valence-electron chi connectivity index (χ0n) is 14.0. The Kier molecular flexibility index (Phi) is 6.57. The van der Waals surface area contributed by atoms with E-state index in [1.807, 2.05) is 24.4 Å². The van der Waals surface area contributed by atoms with Crippen molar-refractivity contribution in [1.29, 1.82) is 0 Å². The van der Waals surface area contributed by atoms with Crippen molar-refractivity contribution in [2.45, 2.75) is 57.8 Å². The summed E-state index contributed by atoms with van der Waals surface area (Å²) in [5.74, 6) is -0.102. The van der Waals surface area contributed by atoms with Gasteiger partial charge in [0, 0.05) is 17.8 Å². The summed E-state index contributed by atoms with van der Waals surface area (Å²) in [5, 5.41) is 9.31. The normalized spacial score (nSPS) is 13.7. The van der Waals surface area contributed by atoms with Crippen molar-refractivity contribution in [3.8, 4) is 5.75 Å². The van der Waals surface area contributed by atoms with Gasteiger partial charge in [0.1, 0.15) is 0 Å². The van der Waals surface area contributed by atoms with Gasteiger partial charge in [0.05, 0.1) is 0 Å². The summed E-state index contributed by atoms with van der Waals surface area (Å²) in [6.45, 7) is 4.32. The monoisotopic (exact) mass is 315 g/mol. The zero-order valence-corrected chi connectivity index (χ0v) is 14.0. The third-order valence-electron chi connectivity index (χ3n) is 4.50. The van der Waals surface area contributed by atoms with Gasteiger partial charge in [-0.2, -0.15) is 0 Å². The maximum atomic E-state index is 13.5. The van der Waals surface area contributed by atoms with E-state index < -0.39 is 5.82 Å². The van der Waals surface area contributed by atoms with E-state index in [0.29, 0.717) is 5.92 Å². The first kappa shape index (κ1) is 17.5. The molecule has 0 radical (unpaired) electrons. The standard InChI is InChI=1S/C20H26FNO/c1-3-4-7-16(19-8-5-6-13-22-19)10-9-15(2)17-11-12-20(23)18(21)14-17/h5-6,8,11-16,23H,3-4,7,9-10H2,1-2H3. The second-order valence-electron chi connectivity index (χ2n) is 6.28. The van der Waals surface area contributed by atoms with Crippen LogP contribution >= 0.6 is 0 Å². The molecule has 1 aromatic carbocycles. The van der Waals surface area contributed by atoms with Crippen LogP contribution in [0.3, 0.4) is 0 Å². The number of phenols is 1. The summed E-state index contributed by atoms with van der Waals surface area (Å²) in [5.41, 5.74) is 2.10. The summed E-state index contributed by atoms with van der Waals surface area (Å²) >= 11 is 0. The lowest BCUT2D eigenvalue weighted by molar-refractivity contribution is 0.430. The fourth-order valence-electron chi connectivity index (χ4n) is 2.96. The molecule has 23 heavy (non-hydrogen) atoms. The van der Waals surface area contributed by atoms with E-state index in [4.69, 9.17) is 0 Å².